The van der Waals surface area contributed by atoms with Crippen molar-refractivity contribution in [3.8, 4) is 0 Å². The number of fused-ring (bicyclic) bond motifs is 1. The predicted molar refractivity (Wildman–Crippen MR) is 86.7 cm³/mol. The minimum absolute atomic E-state index is 0.151. The minimum atomic E-state index is -0.288. The number of amides is 1. The summed E-state index contributed by atoms with van der Waals surface area (Å²) in [6.07, 6.45) is 0. The summed E-state index contributed by atoms with van der Waals surface area (Å²) < 4.78 is 14.2. The maximum absolute atomic E-state index is 13.3. The molecule has 1 N–H and O–H groups in total. The third-order valence-corrected chi connectivity index (χ3v) is 4.75. The van der Waals surface area contributed by atoms with E-state index in [0.717, 1.165) is 27.0 Å². The third-order valence-electron chi connectivity index (χ3n) is 3.48. The molecule has 0 saturated heterocycles. The van der Waals surface area contributed by atoms with E-state index in [1.807, 2.05) is 32.0 Å². The molecule has 22 heavy (non-hydrogen) atoms. The van der Waals surface area contributed by atoms with Crippen molar-refractivity contribution < 1.29 is 9.18 Å². The fourth-order valence-corrected chi connectivity index (χ4v) is 3.46. The second kappa shape index (κ2) is 5.85. The summed E-state index contributed by atoms with van der Waals surface area (Å²) in [6, 6.07) is 10.3. The lowest BCUT2D eigenvalue weighted by molar-refractivity contribution is 0.0954. The number of nitrogens with one attached hydrogen (secondary N) is 1. The van der Waals surface area contributed by atoms with Crippen LogP contribution in [0.15, 0.2) is 36.4 Å². The van der Waals surface area contributed by atoms with Gasteiger partial charge < -0.3 is 5.32 Å². The molecule has 0 saturated carbocycles. The van der Waals surface area contributed by atoms with Gasteiger partial charge in [0.2, 0.25) is 0 Å². The van der Waals surface area contributed by atoms with E-state index >= 15 is 0 Å². The summed E-state index contributed by atoms with van der Waals surface area (Å²) in [5, 5.41) is 3.67. The number of rotatable bonds is 3. The average molecular weight is 314 g/mol. The number of halogens is 1. The predicted octanol–water partition coefficient (Wildman–Crippen LogP) is 3.98. The van der Waals surface area contributed by atoms with Gasteiger partial charge in [-0.15, -0.1) is 11.3 Å². The van der Waals surface area contributed by atoms with E-state index in [4.69, 9.17) is 0 Å². The maximum atomic E-state index is 13.3. The van der Waals surface area contributed by atoms with Crippen LogP contribution in [0.25, 0.3) is 10.1 Å². The smallest absolute Gasteiger partial charge is 0.261 e. The Bertz CT molecular complexity index is 857. The largest absolute Gasteiger partial charge is 0.346 e. The van der Waals surface area contributed by atoms with Crippen LogP contribution in [0, 0.1) is 19.7 Å². The van der Waals surface area contributed by atoms with Gasteiger partial charge in [-0.05, 0) is 55.1 Å². The molecular formula is C17H15FN2OS. The van der Waals surface area contributed by atoms with Crippen molar-refractivity contribution >= 4 is 27.3 Å². The highest BCUT2D eigenvalue weighted by Crippen LogP contribution is 2.31. The molecule has 0 aliphatic carbocycles. The normalized spacial score (nSPS) is 10.9. The summed E-state index contributed by atoms with van der Waals surface area (Å²) in [5.74, 6) is -0.438. The number of pyridine rings is 1. The Labute approximate surface area is 131 Å². The lowest BCUT2D eigenvalue weighted by Crippen LogP contribution is -2.23. The number of aryl methyl sites for hydroxylation is 2. The van der Waals surface area contributed by atoms with Gasteiger partial charge in [0.05, 0.1) is 17.1 Å². The zero-order valence-electron chi connectivity index (χ0n) is 12.3. The lowest BCUT2D eigenvalue weighted by Gasteiger charge is -2.05. The molecule has 2 heterocycles. The molecule has 0 spiro atoms. The number of aromatic nitrogens is 1. The molecule has 0 aliphatic rings. The van der Waals surface area contributed by atoms with Crippen molar-refractivity contribution in [2.24, 2.45) is 0 Å². The number of nitrogens with zero attached hydrogens (tertiary/aromatic N) is 1. The molecule has 3 nitrogen and oxygen atoms in total. The van der Waals surface area contributed by atoms with Gasteiger partial charge in [0.25, 0.3) is 5.91 Å². The van der Waals surface area contributed by atoms with Gasteiger partial charge in [0.15, 0.2) is 0 Å². The zero-order chi connectivity index (χ0) is 15.7. The van der Waals surface area contributed by atoms with Gasteiger partial charge in [-0.1, -0.05) is 6.07 Å². The van der Waals surface area contributed by atoms with Crippen molar-refractivity contribution in [3.05, 3.63) is 64.0 Å². The molecule has 112 valence electrons. The molecule has 5 heteroatoms. The first-order valence-electron chi connectivity index (χ1n) is 6.94. The van der Waals surface area contributed by atoms with Crippen molar-refractivity contribution in [1.82, 2.24) is 10.3 Å². The average Bonchev–Trinajstić information content (AvgIpc) is 2.82. The Morgan fingerprint density at radius 2 is 2.09 bits per heavy atom. The first-order chi connectivity index (χ1) is 10.5. The molecule has 2 aromatic heterocycles. The van der Waals surface area contributed by atoms with E-state index in [1.165, 1.54) is 23.5 Å². The minimum Gasteiger partial charge on any atom is -0.346 e. The van der Waals surface area contributed by atoms with Crippen LogP contribution < -0.4 is 5.32 Å². The Kier molecular flexibility index (Phi) is 3.90. The highest BCUT2D eigenvalue weighted by Gasteiger charge is 2.15. The van der Waals surface area contributed by atoms with Crippen LogP contribution in [0.5, 0.6) is 0 Å². The van der Waals surface area contributed by atoms with E-state index in [-0.39, 0.29) is 11.7 Å². The Hall–Kier alpha value is -2.27. The SMILES string of the molecule is Cc1cccc(CNC(=O)c2sc3ccc(F)cc3c2C)n1. The molecule has 1 aromatic carbocycles. The molecule has 0 unspecified atom stereocenters. The van der Waals surface area contributed by atoms with Crippen molar-refractivity contribution in [2.45, 2.75) is 20.4 Å². The van der Waals surface area contributed by atoms with Crippen LogP contribution in [-0.2, 0) is 6.54 Å². The highest BCUT2D eigenvalue weighted by atomic mass is 32.1. The van der Waals surface area contributed by atoms with Gasteiger partial charge in [0.1, 0.15) is 5.82 Å². The van der Waals surface area contributed by atoms with Gasteiger partial charge in [0, 0.05) is 10.4 Å². The molecule has 3 aromatic rings. The maximum Gasteiger partial charge on any atom is 0.261 e. The monoisotopic (exact) mass is 314 g/mol. The Morgan fingerprint density at radius 3 is 2.86 bits per heavy atom. The summed E-state index contributed by atoms with van der Waals surface area (Å²) >= 11 is 1.38. The zero-order valence-corrected chi connectivity index (χ0v) is 13.1. The molecular weight excluding hydrogens is 299 g/mol. The fraction of sp³-hybridized carbons (Fsp3) is 0.176. The van der Waals surface area contributed by atoms with Gasteiger partial charge in [-0.25, -0.2) is 4.39 Å². The summed E-state index contributed by atoms with van der Waals surface area (Å²) in [5.41, 5.74) is 2.55. The standard InChI is InChI=1S/C17H15FN2OS/c1-10-4-3-5-13(20-10)9-19-17(21)16-11(2)14-8-12(18)6-7-15(14)22-16/h3-8H,9H2,1-2H3,(H,19,21). The van der Waals surface area contributed by atoms with Crippen LogP contribution >= 0.6 is 11.3 Å². The number of hydrogen-bond acceptors (Lipinski definition) is 3. The molecule has 0 bridgehead atoms. The Balaban J connectivity index is 1.82. The lowest BCUT2D eigenvalue weighted by atomic mass is 10.1. The van der Waals surface area contributed by atoms with Crippen LogP contribution in [0.4, 0.5) is 4.39 Å². The summed E-state index contributed by atoms with van der Waals surface area (Å²) in [7, 11) is 0. The topological polar surface area (TPSA) is 42.0 Å². The van der Waals surface area contributed by atoms with Crippen LogP contribution in [0.2, 0.25) is 0 Å². The second-order valence-electron chi connectivity index (χ2n) is 5.15. The number of hydrogen-bond donors (Lipinski definition) is 1. The number of thiophene rings is 1. The van der Waals surface area contributed by atoms with Crippen LogP contribution in [0.1, 0.15) is 26.6 Å². The molecule has 0 aliphatic heterocycles. The van der Waals surface area contributed by atoms with Crippen molar-refractivity contribution in [1.29, 1.82) is 0 Å². The second-order valence-corrected chi connectivity index (χ2v) is 6.20. The van der Waals surface area contributed by atoms with Crippen LogP contribution in [0.3, 0.4) is 0 Å². The van der Waals surface area contributed by atoms with E-state index in [9.17, 15) is 9.18 Å². The molecule has 0 atom stereocenters. The van der Waals surface area contributed by atoms with E-state index in [1.54, 1.807) is 6.07 Å². The third kappa shape index (κ3) is 2.85. The van der Waals surface area contributed by atoms with Gasteiger partial charge >= 0.3 is 0 Å². The first kappa shape index (κ1) is 14.7. The van der Waals surface area contributed by atoms with Gasteiger partial charge in [-0.2, -0.15) is 0 Å². The highest BCUT2D eigenvalue weighted by molar-refractivity contribution is 7.21. The van der Waals surface area contributed by atoms with Crippen molar-refractivity contribution in [2.75, 3.05) is 0 Å². The van der Waals surface area contributed by atoms with E-state index in [0.29, 0.717) is 11.4 Å². The summed E-state index contributed by atoms with van der Waals surface area (Å²) in [6.45, 7) is 4.14. The van der Waals surface area contributed by atoms with E-state index < -0.39 is 0 Å². The molecule has 0 fully saturated rings. The quantitative estimate of drug-likeness (QED) is 0.794. The molecule has 3 rings (SSSR count). The summed E-state index contributed by atoms with van der Waals surface area (Å²) in [4.78, 5) is 17.3. The number of benzene rings is 1. The number of carbonyl (C=O) groups is 1. The molecule has 0 radical (unpaired) electrons. The van der Waals surface area contributed by atoms with E-state index in [2.05, 4.69) is 10.3 Å². The van der Waals surface area contributed by atoms with Crippen LogP contribution in [-0.4, -0.2) is 10.9 Å². The first-order valence-corrected chi connectivity index (χ1v) is 7.75. The molecule has 1 amide bonds. The number of carbonyl (C=O) groups excluding carboxylic acids is 1. The van der Waals surface area contributed by atoms with Crippen molar-refractivity contribution in [3.63, 3.8) is 0 Å². The van der Waals surface area contributed by atoms with Gasteiger partial charge in [-0.3, -0.25) is 9.78 Å². The Morgan fingerprint density at radius 1 is 1.27 bits per heavy atom. The fourth-order valence-electron chi connectivity index (χ4n) is 2.36.